The van der Waals surface area contributed by atoms with Crippen molar-refractivity contribution in [2.45, 2.75) is 6.42 Å². The lowest BCUT2D eigenvalue weighted by Gasteiger charge is -2.08. The zero-order chi connectivity index (χ0) is 13.0. The number of aromatic nitrogens is 1. The Morgan fingerprint density at radius 1 is 1.33 bits per heavy atom. The molecule has 2 N–H and O–H groups in total. The Morgan fingerprint density at radius 2 is 2.17 bits per heavy atom. The number of benzene rings is 1. The summed E-state index contributed by atoms with van der Waals surface area (Å²) >= 11 is 0. The summed E-state index contributed by atoms with van der Waals surface area (Å²) in [5.41, 5.74) is 7.56. The minimum Gasteiger partial charge on any atom is -0.497 e. The lowest BCUT2D eigenvalue weighted by atomic mass is 10.0. The first-order valence-corrected chi connectivity index (χ1v) is 5.57. The van der Waals surface area contributed by atoms with Gasteiger partial charge in [0.2, 0.25) is 5.91 Å². The van der Waals surface area contributed by atoms with Crippen molar-refractivity contribution >= 4 is 5.91 Å². The summed E-state index contributed by atoms with van der Waals surface area (Å²) in [6.07, 6.45) is 2.27. The van der Waals surface area contributed by atoms with Gasteiger partial charge in [-0.1, -0.05) is 6.07 Å². The molecular weight excluding hydrogens is 228 g/mol. The van der Waals surface area contributed by atoms with Crippen LogP contribution < -0.4 is 10.5 Å². The van der Waals surface area contributed by atoms with Crippen molar-refractivity contribution in [1.82, 2.24) is 4.98 Å². The molecule has 0 spiro atoms. The van der Waals surface area contributed by atoms with Gasteiger partial charge in [0.25, 0.3) is 0 Å². The number of hydrogen-bond acceptors (Lipinski definition) is 3. The molecule has 0 aliphatic rings. The number of carbonyl (C=O) groups is 1. The normalized spacial score (nSPS) is 10.1. The fourth-order valence-electron chi connectivity index (χ4n) is 1.78. The van der Waals surface area contributed by atoms with Gasteiger partial charge in [-0.15, -0.1) is 0 Å². The highest BCUT2D eigenvalue weighted by Gasteiger charge is 2.10. The van der Waals surface area contributed by atoms with Crippen LogP contribution in [-0.2, 0) is 6.42 Å². The van der Waals surface area contributed by atoms with Gasteiger partial charge in [0.15, 0.2) is 0 Å². The number of nitrogens with zero attached hydrogens (tertiary/aromatic N) is 1. The van der Waals surface area contributed by atoms with E-state index in [4.69, 9.17) is 10.5 Å². The second-order valence-corrected chi connectivity index (χ2v) is 3.89. The van der Waals surface area contributed by atoms with Gasteiger partial charge in [0.1, 0.15) is 5.75 Å². The highest BCUT2D eigenvalue weighted by atomic mass is 16.5. The second-order valence-electron chi connectivity index (χ2n) is 3.89. The predicted octanol–water partition coefficient (Wildman–Crippen LogP) is 1.78. The van der Waals surface area contributed by atoms with Crippen molar-refractivity contribution in [3.63, 3.8) is 0 Å². The summed E-state index contributed by atoms with van der Waals surface area (Å²) in [6.45, 7) is 0. The third-order valence-corrected chi connectivity index (χ3v) is 2.68. The number of pyridine rings is 1. The molecule has 92 valence electrons. The number of amides is 1. The molecule has 0 radical (unpaired) electrons. The molecule has 0 saturated carbocycles. The summed E-state index contributed by atoms with van der Waals surface area (Å²) in [7, 11) is 1.59. The zero-order valence-electron chi connectivity index (χ0n) is 10.1. The Bertz CT molecular complexity index is 553. The summed E-state index contributed by atoms with van der Waals surface area (Å²) in [6, 6.07) is 10.9. The lowest BCUT2D eigenvalue weighted by Crippen LogP contribution is -2.14. The Hall–Kier alpha value is -2.36. The number of methoxy groups -OCH3 is 1. The van der Waals surface area contributed by atoms with E-state index in [9.17, 15) is 4.79 Å². The van der Waals surface area contributed by atoms with Crippen LogP contribution in [0.5, 0.6) is 5.75 Å². The van der Waals surface area contributed by atoms with Crippen molar-refractivity contribution in [2.24, 2.45) is 5.73 Å². The number of primary amides is 1. The molecule has 1 heterocycles. The van der Waals surface area contributed by atoms with Crippen LogP contribution >= 0.6 is 0 Å². The first-order chi connectivity index (χ1) is 8.70. The van der Waals surface area contributed by atoms with Gasteiger partial charge in [0, 0.05) is 23.9 Å². The summed E-state index contributed by atoms with van der Waals surface area (Å²) in [5.74, 6) is 0.259. The van der Waals surface area contributed by atoms with Crippen LogP contribution in [0.15, 0.2) is 42.6 Å². The number of nitrogens with two attached hydrogens (primary N) is 1. The van der Waals surface area contributed by atoms with Crippen LogP contribution in [-0.4, -0.2) is 18.0 Å². The average molecular weight is 242 g/mol. The van der Waals surface area contributed by atoms with E-state index in [1.165, 1.54) is 0 Å². The van der Waals surface area contributed by atoms with Gasteiger partial charge >= 0.3 is 0 Å². The van der Waals surface area contributed by atoms with Crippen LogP contribution in [0.4, 0.5) is 0 Å². The monoisotopic (exact) mass is 242 g/mol. The molecule has 4 nitrogen and oxygen atoms in total. The molecule has 0 unspecified atom stereocenters. The van der Waals surface area contributed by atoms with E-state index in [2.05, 4.69) is 4.98 Å². The lowest BCUT2D eigenvalue weighted by molar-refractivity contribution is 0.0999. The first-order valence-electron chi connectivity index (χ1n) is 5.57. The maximum Gasteiger partial charge on any atom is 0.248 e. The van der Waals surface area contributed by atoms with E-state index in [1.807, 2.05) is 24.3 Å². The molecule has 0 aliphatic carbocycles. The highest BCUT2D eigenvalue weighted by Crippen LogP contribution is 2.19. The molecule has 4 heteroatoms. The SMILES string of the molecule is COc1ccc(C(N)=O)c(Cc2ccccn2)c1. The molecular formula is C14H14N2O2. The minimum atomic E-state index is -0.441. The Balaban J connectivity index is 2.38. The fraction of sp³-hybridized carbons (Fsp3) is 0.143. The van der Waals surface area contributed by atoms with E-state index in [0.29, 0.717) is 17.7 Å². The van der Waals surface area contributed by atoms with E-state index in [0.717, 1.165) is 11.3 Å². The first kappa shape index (κ1) is 12.1. The quantitative estimate of drug-likeness (QED) is 0.888. The number of carbonyl (C=O) groups excluding carboxylic acids is 1. The molecule has 0 bridgehead atoms. The fourth-order valence-corrected chi connectivity index (χ4v) is 1.78. The molecule has 1 aromatic heterocycles. The number of rotatable bonds is 4. The largest absolute Gasteiger partial charge is 0.497 e. The molecule has 1 aromatic carbocycles. The molecule has 1 amide bonds. The predicted molar refractivity (Wildman–Crippen MR) is 68.6 cm³/mol. The maximum absolute atomic E-state index is 11.4. The molecule has 18 heavy (non-hydrogen) atoms. The second kappa shape index (κ2) is 5.31. The smallest absolute Gasteiger partial charge is 0.248 e. The van der Waals surface area contributed by atoms with Crippen LogP contribution in [0, 0.1) is 0 Å². The van der Waals surface area contributed by atoms with E-state index >= 15 is 0 Å². The molecule has 0 aliphatic heterocycles. The van der Waals surface area contributed by atoms with Crippen molar-refractivity contribution in [2.75, 3.05) is 7.11 Å². The van der Waals surface area contributed by atoms with E-state index < -0.39 is 5.91 Å². The van der Waals surface area contributed by atoms with Crippen molar-refractivity contribution < 1.29 is 9.53 Å². The minimum absolute atomic E-state index is 0.441. The summed E-state index contributed by atoms with van der Waals surface area (Å²) < 4.78 is 5.15. The maximum atomic E-state index is 11.4. The van der Waals surface area contributed by atoms with Crippen molar-refractivity contribution in [3.8, 4) is 5.75 Å². The summed E-state index contributed by atoms with van der Waals surface area (Å²) in [4.78, 5) is 15.6. The van der Waals surface area contributed by atoms with E-state index in [-0.39, 0.29) is 0 Å². The van der Waals surface area contributed by atoms with Crippen LogP contribution in [0.3, 0.4) is 0 Å². The van der Waals surface area contributed by atoms with Gasteiger partial charge in [-0.2, -0.15) is 0 Å². The Labute approximate surface area is 105 Å². The Morgan fingerprint density at radius 3 is 2.78 bits per heavy atom. The molecule has 2 rings (SSSR count). The standard InChI is InChI=1S/C14H14N2O2/c1-18-12-5-6-13(14(15)17)10(9-12)8-11-4-2-3-7-16-11/h2-7,9H,8H2,1H3,(H2,15,17). The van der Waals surface area contributed by atoms with Crippen LogP contribution in [0.1, 0.15) is 21.6 Å². The highest BCUT2D eigenvalue weighted by molar-refractivity contribution is 5.94. The molecule has 0 atom stereocenters. The van der Waals surface area contributed by atoms with Gasteiger partial charge < -0.3 is 10.5 Å². The summed E-state index contributed by atoms with van der Waals surface area (Å²) in [5, 5.41) is 0. The van der Waals surface area contributed by atoms with Crippen LogP contribution in [0.25, 0.3) is 0 Å². The van der Waals surface area contributed by atoms with Gasteiger partial charge in [-0.3, -0.25) is 9.78 Å². The van der Waals surface area contributed by atoms with E-state index in [1.54, 1.807) is 25.4 Å². The van der Waals surface area contributed by atoms with Gasteiger partial charge in [0.05, 0.1) is 7.11 Å². The van der Waals surface area contributed by atoms with Crippen LogP contribution in [0.2, 0.25) is 0 Å². The van der Waals surface area contributed by atoms with Crippen molar-refractivity contribution in [3.05, 3.63) is 59.4 Å². The average Bonchev–Trinajstić information content (AvgIpc) is 2.39. The van der Waals surface area contributed by atoms with Crippen molar-refractivity contribution in [1.29, 1.82) is 0 Å². The third kappa shape index (κ3) is 2.66. The number of hydrogen-bond donors (Lipinski definition) is 1. The molecule has 2 aromatic rings. The third-order valence-electron chi connectivity index (χ3n) is 2.68. The van der Waals surface area contributed by atoms with Gasteiger partial charge in [-0.05, 0) is 35.9 Å². The van der Waals surface area contributed by atoms with Gasteiger partial charge in [-0.25, -0.2) is 0 Å². The molecule has 0 fully saturated rings. The topological polar surface area (TPSA) is 65.2 Å². The molecule has 0 saturated heterocycles. The number of ether oxygens (including phenoxy) is 1. The zero-order valence-corrected chi connectivity index (χ0v) is 10.1. The Kier molecular flexibility index (Phi) is 3.57.